The lowest BCUT2D eigenvalue weighted by molar-refractivity contribution is -0.123. The Morgan fingerprint density at radius 2 is 1.92 bits per heavy atom. The molecule has 0 fully saturated rings. The van der Waals surface area contributed by atoms with E-state index in [1.54, 1.807) is 25.1 Å². The number of nitrogens with zero attached hydrogens (tertiary/aromatic N) is 3. The van der Waals surface area contributed by atoms with Crippen molar-refractivity contribution in [2.45, 2.75) is 33.1 Å². The van der Waals surface area contributed by atoms with Crippen LogP contribution in [0.15, 0.2) is 41.3 Å². The van der Waals surface area contributed by atoms with E-state index in [9.17, 15) is 24.6 Å². The molecule has 2 aliphatic rings. The summed E-state index contributed by atoms with van der Waals surface area (Å²) in [6.07, 6.45) is 1.16. The Hall–Kier alpha value is -5.00. The van der Waals surface area contributed by atoms with Crippen LogP contribution in [-0.2, 0) is 15.0 Å². The van der Waals surface area contributed by atoms with Crippen LogP contribution < -0.4 is 14.8 Å². The second kappa shape index (κ2) is 8.54. The van der Waals surface area contributed by atoms with E-state index in [-0.39, 0.29) is 51.0 Å². The fraction of sp³-hybridized carbons (Fsp3) is 0.231. The first-order valence-corrected chi connectivity index (χ1v) is 11.5. The second-order valence-electron chi connectivity index (χ2n) is 9.16. The molecule has 0 radical (unpaired) electrons. The molecule has 12 nitrogen and oxygen atoms in total. The second-order valence-corrected chi connectivity index (χ2v) is 9.16. The first kappa shape index (κ1) is 24.7. The zero-order chi connectivity index (χ0) is 27.5. The number of allylic oxidation sites excluding steroid dienone is 4. The number of nitrogens with one attached hydrogen (secondary N) is 2. The van der Waals surface area contributed by atoms with Gasteiger partial charge in [-0.1, -0.05) is 0 Å². The molecule has 5 rings (SSSR count). The van der Waals surface area contributed by atoms with Gasteiger partial charge in [-0.15, -0.1) is 10.2 Å². The van der Waals surface area contributed by atoms with Crippen molar-refractivity contribution in [3.05, 3.63) is 58.0 Å². The zero-order valence-electron chi connectivity index (χ0n) is 21.1. The lowest BCUT2D eigenvalue weighted by Gasteiger charge is -2.29. The Balaban J connectivity index is 1.62. The van der Waals surface area contributed by atoms with Crippen LogP contribution in [0.25, 0.3) is 11.4 Å². The van der Waals surface area contributed by atoms with Crippen LogP contribution in [0.3, 0.4) is 0 Å². The summed E-state index contributed by atoms with van der Waals surface area (Å²) in [5.74, 6) is -2.00. The molecule has 38 heavy (non-hydrogen) atoms. The van der Waals surface area contributed by atoms with Gasteiger partial charge in [-0.3, -0.25) is 14.4 Å². The highest BCUT2D eigenvalue weighted by atomic mass is 16.5. The van der Waals surface area contributed by atoms with E-state index >= 15 is 0 Å². The Morgan fingerprint density at radius 1 is 1.18 bits per heavy atom. The molecular weight excluding hydrogens is 494 g/mol. The Morgan fingerprint density at radius 3 is 2.55 bits per heavy atom. The molecule has 0 amide bonds. The first-order chi connectivity index (χ1) is 18.0. The first-order valence-electron chi connectivity index (χ1n) is 11.5. The van der Waals surface area contributed by atoms with E-state index in [4.69, 9.17) is 9.47 Å². The van der Waals surface area contributed by atoms with Crippen LogP contribution in [0, 0.1) is 6.92 Å². The van der Waals surface area contributed by atoms with Crippen LogP contribution in [0.2, 0.25) is 0 Å². The van der Waals surface area contributed by atoms with Gasteiger partial charge in [0, 0.05) is 23.0 Å². The number of rotatable bonds is 5. The summed E-state index contributed by atoms with van der Waals surface area (Å²) in [6.45, 7) is 5.74. The lowest BCUT2D eigenvalue weighted by Crippen LogP contribution is -2.40. The molecule has 0 unspecified atom stereocenters. The summed E-state index contributed by atoms with van der Waals surface area (Å²) in [5.41, 5.74) is -0.594. The Kier molecular flexibility index (Phi) is 5.55. The Bertz CT molecular complexity index is 1620. The van der Waals surface area contributed by atoms with Gasteiger partial charge in [0.1, 0.15) is 39.7 Å². The van der Waals surface area contributed by atoms with Crippen molar-refractivity contribution in [2.75, 3.05) is 12.4 Å². The van der Waals surface area contributed by atoms with E-state index in [0.29, 0.717) is 17.0 Å². The number of benzene rings is 2. The van der Waals surface area contributed by atoms with Gasteiger partial charge in [-0.25, -0.2) is 0 Å². The number of fused-ring (bicyclic) bond motifs is 3. The van der Waals surface area contributed by atoms with Gasteiger partial charge in [-0.05, 0) is 51.1 Å². The van der Waals surface area contributed by atoms with E-state index < -0.39 is 28.5 Å². The topological polar surface area (TPSA) is 177 Å². The van der Waals surface area contributed by atoms with Crippen molar-refractivity contribution in [1.29, 1.82) is 0 Å². The van der Waals surface area contributed by atoms with Crippen LogP contribution >= 0.6 is 0 Å². The lowest BCUT2D eigenvalue weighted by atomic mass is 9.70. The average molecular weight is 517 g/mol. The monoisotopic (exact) mass is 517 g/mol. The normalized spacial score (nSPS) is 19.3. The third-order valence-corrected chi connectivity index (χ3v) is 6.88. The number of Topliss-reactive ketones (excluding diaryl/α,β-unsaturated/α-hetero) is 2. The number of methoxy groups -OCH3 is 1. The summed E-state index contributed by atoms with van der Waals surface area (Å²) < 4.78 is 11.2. The summed E-state index contributed by atoms with van der Waals surface area (Å²) in [4.78, 5) is 39.5. The van der Waals surface area contributed by atoms with Gasteiger partial charge < -0.3 is 25.0 Å². The summed E-state index contributed by atoms with van der Waals surface area (Å²) in [5, 5.41) is 38.4. The maximum Gasteiger partial charge on any atom is 0.208 e. The number of phenols is 2. The summed E-state index contributed by atoms with van der Waals surface area (Å²) >= 11 is 0. The van der Waals surface area contributed by atoms with Gasteiger partial charge in [0.2, 0.25) is 5.82 Å². The largest absolute Gasteiger partial charge is 0.507 e. The van der Waals surface area contributed by atoms with Crippen molar-refractivity contribution in [3.63, 3.8) is 0 Å². The SMILES string of the molecule is COc1ccc(NC(C)=C2C(=O)C=C3Oc4c(C(C)=O)c(O)c(C)c(O)c4[C@@]3(C)C2=O)cc1-c1nn[nH]n1. The van der Waals surface area contributed by atoms with Crippen molar-refractivity contribution < 1.29 is 34.1 Å². The van der Waals surface area contributed by atoms with Crippen LogP contribution in [0.4, 0.5) is 5.69 Å². The maximum absolute atomic E-state index is 14.0. The van der Waals surface area contributed by atoms with Crippen molar-refractivity contribution >= 4 is 23.0 Å². The highest BCUT2D eigenvalue weighted by Crippen LogP contribution is 2.57. The molecule has 194 valence electrons. The number of carbonyl (C=O) groups is 3. The standard InChI is InChI=1S/C26H23N5O7/c1-10-21(34)19(12(3)32)23-20(22(10)35)26(4)17(38-23)9-15(33)18(24(26)36)11(2)27-13-6-7-16(37-5)14(8-13)25-28-30-31-29-25/h6-9,27,34-35H,1-5H3,(H,28,29,30,31)/t26-/m0/s1. The van der Waals surface area contributed by atoms with Crippen LogP contribution in [0.5, 0.6) is 23.0 Å². The summed E-state index contributed by atoms with van der Waals surface area (Å²) in [7, 11) is 1.50. The van der Waals surface area contributed by atoms with E-state index in [2.05, 4.69) is 25.9 Å². The highest BCUT2D eigenvalue weighted by molar-refractivity contribution is 6.31. The fourth-order valence-corrected chi connectivity index (χ4v) is 4.88. The molecule has 1 aliphatic carbocycles. The summed E-state index contributed by atoms with van der Waals surface area (Å²) in [6, 6.07) is 5.05. The van der Waals surface area contributed by atoms with Crippen LogP contribution in [0.1, 0.15) is 42.3 Å². The molecule has 4 N–H and O–H groups in total. The van der Waals surface area contributed by atoms with Gasteiger partial charge in [0.15, 0.2) is 17.3 Å². The van der Waals surface area contributed by atoms with Gasteiger partial charge in [0.25, 0.3) is 0 Å². The zero-order valence-corrected chi connectivity index (χ0v) is 21.1. The van der Waals surface area contributed by atoms with E-state index in [1.807, 2.05) is 0 Å². The molecule has 3 aromatic rings. The molecule has 0 saturated carbocycles. The molecule has 0 spiro atoms. The highest BCUT2D eigenvalue weighted by Gasteiger charge is 2.56. The number of phenolic OH excluding ortho intramolecular Hbond substituents is 2. The number of anilines is 1. The van der Waals surface area contributed by atoms with Crippen LogP contribution in [-0.4, -0.2) is 55.3 Å². The molecule has 12 heteroatoms. The number of ketones is 3. The maximum atomic E-state index is 14.0. The number of hydrogen-bond donors (Lipinski definition) is 4. The number of hydrogen-bond acceptors (Lipinski definition) is 11. The van der Waals surface area contributed by atoms with E-state index in [1.165, 1.54) is 27.9 Å². The minimum Gasteiger partial charge on any atom is -0.507 e. The smallest absolute Gasteiger partial charge is 0.208 e. The van der Waals surface area contributed by atoms with Crippen molar-refractivity contribution in [1.82, 2.24) is 20.6 Å². The minimum absolute atomic E-state index is 0.0240. The van der Waals surface area contributed by atoms with Gasteiger partial charge >= 0.3 is 0 Å². The number of aromatic hydroxyl groups is 2. The predicted molar refractivity (Wildman–Crippen MR) is 133 cm³/mol. The number of aromatic nitrogens is 4. The molecule has 1 aromatic heterocycles. The molecule has 2 heterocycles. The number of aromatic amines is 1. The molecular formula is C26H23N5O7. The van der Waals surface area contributed by atoms with Gasteiger partial charge in [0.05, 0.1) is 23.8 Å². The predicted octanol–water partition coefficient (Wildman–Crippen LogP) is 2.87. The molecule has 1 atom stereocenters. The number of ether oxygens (including phenoxy) is 2. The number of carbonyl (C=O) groups excluding carboxylic acids is 3. The minimum atomic E-state index is -1.61. The third-order valence-electron chi connectivity index (χ3n) is 6.88. The van der Waals surface area contributed by atoms with Gasteiger partial charge in [-0.2, -0.15) is 5.21 Å². The fourth-order valence-electron chi connectivity index (χ4n) is 4.88. The van der Waals surface area contributed by atoms with Crippen molar-refractivity contribution in [2.24, 2.45) is 0 Å². The Labute approximate surface area is 216 Å². The number of H-pyrrole nitrogens is 1. The quantitative estimate of drug-likeness (QED) is 0.222. The van der Waals surface area contributed by atoms with Crippen molar-refractivity contribution in [3.8, 4) is 34.4 Å². The van der Waals surface area contributed by atoms with E-state index in [0.717, 1.165) is 6.08 Å². The third kappa shape index (κ3) is 3.37. The molecule has 2 aromatic carbocycles. The molecule has 1 aliphatic heterocycles. The number of tetrazole rings is 1. The average Bonchev–Trinajstić information content (AvgIpc) is 3.50. The molecule has 0 saturated heterocycles. The molecule has 0 bridgehead atoms.